The Labute approximate surface area is 236 Å². The van der Waals surface area contributed by atoms with Crippen LogP contribution in [0.3, 0.4) is 0 Å². The molecular weight excluding hydrogens is 507 g/mol. The Morgan fingerprint density at radius 2 is 1.74 bits per heavy atom. The summed E-state index contributed by atoms with van der Waals surface area (Å²) in [6.45, 7) is 14.9. The molecule has 39 heavy (non-hydrogen) atoms. The van der Waals surface area contributed by atoms with Crippen LogP contribution in [0, 0.1) is 17.8 Å². The molecule has 3 rings (SSSR count). The third-order valence-electron chi connectivity index (χ3n) is 8.67. The van der Waals surface area contributed by atoms with E-state index in [4.69, 9.17) is 9.16 Å². The molecular formula is C33H49FO4Si. The van der Waals surface area contributed by atoms with Gasteiger partial charge in [-0.2, -0.15) is 0 Å². The summed E-state index contributed by atoms with van der Waals surface area (Å²) in [4.78, 5) is 24.4. The Morgan fingerprint density at radius 3 is 2.33 bits per heavy atom. The van der Waals surface area contributed by atoms with Crippen molar-refractivity contribution < 1.29 is 23.1 Å². The zero-order chi connectivity index (χ0) is 28.8. The topological polar surface area (TPSA) is 52.6 Å². The smallest absolute Gasteiger partial charge is 0.306 e. The fraction of sp³-hybridized carbons (Fsp3) is 0.636. The van der Waals surface area contributed by atoms with E-state index in [1.165, 1.54) is 11.1 Å². The number of benzene rings is 1. The van der Waals surface area contributed by atoms with Crippen molar-refractivity contribution in [2.45, 2.75) is 116 Å². The van der Waals surface area contributed by atoms with Crippen LogP contribution in [0.5, 0.6) is 0 Å². The summed E-state index contributed by atoms with van der Waals surface area (Å²) in [5, 5.41) is 0.0648. The van der Waals surface area contributed by atoms with Crippen LogP contribution in [0.15, 0.2) is 48.6 Å². The molecule has 0 amide bonds. The lowest BCUT2D eigenvalue weighted by molar-refractivity contribution is -0.147. The van der Waals surface area contributed by atoms with E-state index < -0.39 is 20.4 Å². The Hall–Kier alpha value is -2.05. The van der Waals surface area contributed by atoms with Crippen LogP contribution in [0.25, 0.3) is 0 Å². The Kier molecular flexibility index (Phi) is 10.9. The fourth-order valence-electron chi connectivity index (χ4n) is 5.41. The van der Waals surface area contributed by atoms with Gasteiger partial charge in [-0.25, -0.2) is 4.39 Å². The third kappa shape index (κ3) is 8.71. The molecule has 0 unspecified atom stereocenters. The second-order valence-corrected chi connectivity index (χ2v) is 17.9. The van der Waals surface area contributed by atoms with E-state index in [1.807, 2.05) is 32.1 Å². The van der Waals surface area contributed by atoms with Gasteiger partial charge in [0, 0.05) is 24.7 Å². The molecule has 4 nitrogen and oxygen atoms in total. The predicted octanol–water partition coefficient (Wildman–Crippen LogP) is 7.96. The Balaban J connectivity index is 1.67. The quantitative estimate of drug-likeness (QED) is 0.113. The number of hydrogen-bond donors (Lipinski definition) is 0. The van der Waals surface area contributed by atoms with Crippen molar-refractivity contribution in [1.82, 2.24) is 0 Å². The van der Waals surface area contributed by atoms with Gasteiger partial charge >= 0.3 is 5.97 Å². The SMILES string of the molecule is CC(C)OC(=O)CCC/C=C/C[C@H]1C(=O)C[C@H](F)[C@@H]1/C=C/[C@@H](O[Si](C)(C)C(C)(C)C)C1Cc2ccccc2C1. The number of allylic oxidation sites excluding steroid dienone is 3. The number of esters is 1. The molecule has 0 N–H and O–H groups in total. The molecule has 1 aromatic carbocycles. The Morgan fingerprint density at radius 1 is 1.10 bits per heavy atom. The lowest BCUT2D eigenvalue weighted by atomic mass is 9.89. The lowest BCUT2D eigenvalue weighted by Gasteiger charge is -2.40. The molecule has 0 bridgehead atoms. The maximum Gasteiger partial charge on any atom is 0.306 e. The van der Waals surface area contributed by atoms with Gasteiger partial charge in [0.2, 0.25) is 0 Å². The van der Waals surface area contributed by atoms with Crippen LogP contribution in [0.2, 0.25) is 18.1 Å². The minimum absolute atomic E-state index is 0.00236. The van der Waals surface area contributed by atoms with Crippen LogP contribution in [0.1, 0.15) is 77.8 Å². The van der Waals surface area contributed by atoms with E-state index in [-0.39, 0.29) is 41.3 Å². The summed E-state index contributed by atoms with van der Waals surface area (Å²) in [5.74, 6) is -0.666. The van der Waals surface area contributed by atoms with Gasteiger partial charge in [0.25, 0.3) is 0 Å². The van der Waals surface area contributed by atoms with E-state index in [0.29, 0.717) is 25.2 Å². The van der Waals surface area contributed by atoms with Gasteiger partial charge in [-0.3, -0.25) is 9.59 Å². The molecule has 0 aromatic heterocycles. The molecule has 2 aliphatic rings. The summed E-state index contributed by atoms with van der Waals surface area (Å²) in [5.41, 5.74) is 2.75. The average molecular weight is 557 g/mol. The molecule has 216 valence electrons. The number of carbonyl (C=O) groups is 2. The average Bonchev–Trinajstić information content (AvgIpc) is 3.37. The third-order valence-corrected chi connectivity index (χ3v) is 13.1. The minimum atomic E-state index is -2.07. The van der Waals surface area contributed by atoms with E-state index in [1.54, 1.807) is 0 Å². The summed E-state index contributed by atoms with van der Waals surface area (Å²) in [6, 6.07) is 8.58. The highest BCUT2D eigenvalue weighted by atomic mass is 28.4. The van der Waals surface area contributed by atoms with Crippen molar-refractivity contribution in [3.8, 4) is 0 Å². The number of unbranched alkanes of at least 4 members (excludes halogenated alkanes) is 1. The van der Waals surface area contributed by atoms with E-state index >= 15 is 4.39 Å². The molecule has 0 spiro atoms. The van der Waals surface area contributed by atoms with Crippen LogP contribution in [-0.2, 0) is 31.6 Å². The number of hydrogen-bond acceptors (Lipinski definition) is 4. The van der Waals surface area contributed by atoms with Crippen LogP contribution < -0.4 is 0 Å². The Bertz CT molecular complexity index is 1010. The summed E-state index contributed by atoms with van der Waals surface area (Å²) in [6.07, 6.45) is 10.9. The highest BCUT2D eigenvalue weighted by Gasteiger charge is 2.43. The molecule has 1 fully saturated rings. The first kappa shape index (κ1) is 31.5. The van der Waals surface area contributed by atoms with Crippen LogP contribution >= 0.6 is 0 Å². The van der Waals surface area contributed by atoms with Crippen molar-refractivity contribution in [3.63, 3.8) is 0 Å². The number of ketones is 1. The van der Waals surface area contributed by atoms with E-state index in [2.05, 4.69) is 64.2 Å². The van der Waals surface area contributed by atoms with E-state index in [0.717, 1.165) is 19.3 Å². The second kappa shape index (κ2) is 13.5. The largest absolute Gasteiger partial charge is 0.463 e. The number of carbonyl (C=O) groups excluding carboxylic acids is 2. The molecule has 4 atom stereocenters. The molecule has 1 aromatic rings. The monoisotopic (exact) mass is 556 g/mol. The summed E-state index contributed by atoms with van der Waals surface area (Å²) >= 11 is 0. The standard InChI is InChI=1S/C33H49FO4Si/c1-23(2)37-32(36)17-11-9-8-10-16-28-27(29(34)22-30(28)35)18-19-31(38-39(6,7)33(3,4)5)26-20-24-14-12-13-15-25(24)21-26/h8,10,12-15,18-19,23,26-29,31H,9,11,16-17,20-22H2,1-7H3/b10-8+,19-18+/t27-,28-,29+,31-/m1/s1. The van der Waals surface area contributed by atoms with Gasteiger partial charge < -0.3 is 9.16 Å². The normalized spacial score (nSPS) is 23.3. The van der Waals surface area contributed by atoms with Crippen LogP contribution in [-0.4, -0.2) is 38.4 Å². The molecule has 0 saturated heterocycles. The predicted molar refractivity (Wildman–Crippen MR) is 159 cm³/mol. The van der Waals surface area contributed by atoms with Gasteiger partial charge in [-0.1, -0.05) is 69.3 Å². The van der Waals surface area contributed by atoms with Gasteiger partial charge in [0.05, 0.1) is 12.2 Å². The number of alkyl halides is 1. The first-order valence-corrected chi connectivity index (χ1v) is 17.6. The van der Waals surface area contributed by atoms with Crippen molar-refractivity contribution in [2.24, 2.45) is 17.8 Å². The summed E-state index contributed by atoms with van der Waals surface area (Å²) in [7, 11) is -2.07. The van der Waals surface area contributed by atoms with Crippen molar-refractivity contribution in [3.05, 3.63) is 59.7 Å². The maximum absolute atomic E-state index is 15.1. The fourth-order valence-corrected chi connectivity index (χ4v) is 6.71. The molecule has 6 heteroatoms. The van der Waals surface area contributed by atoms with Crippen molar-refractivity contribution >= 4 is 20.1 Å². The highest BCUT2D eigenvalue weighted by molar-refractivity contribution is 6.74. The zero-order valence-corrected chi connectivity index (χ0v) is 26.0. The van der Waals surface area contributed by atoms with Crippen molar-refractivity contribution in [1.29, 1.82) is 0 Å². The number of fused-ring (bicyclic) bond motifs is 1. The number of rotatable bonds is 12. The van der Waals surface area contributed by atoms with Crippen LogP contribution in [0.4, 0.5) is 4.39 Å². The van der Waals surface area contributed by atoms with Gasteiger partial charge in [0.15, 0.2) is 8.32 Å². The van der Waals surface area contributed by atoms with Gasteiger partial charge in [-0.15, -0.1) is 0 Å². The second-order valence-electron chi connectivity index (χ2n) is 13.2. The first-order chi connectivity index (χ1) is 18.3. The molecule has 2 aliphatic carbocycles. The lowest BCUT2D eigenvalue weighted by Crippen LogP contribution is -2.45. The zero-order valence-electron chi connectivity index (χ0n) is 25.0. The maximum atomic E-state index is 15.1. The molecule has 1 saturated carbocycles. The van der Waals surface area contributed by atoms with E-state index in [9.17, 15) is 9.59 Å². The van der Waals surface area contributed by atoms with Crippen molar-refractivity contribution in [2.75, 3.05) is 0 Å². The number of Topliss-reactive ketones (excluding diaryl/α,β-unsaturated/α-hetero) is 1. The highest BCUT2D eigenvalue weighted by Crippen LogP contribution is 2.41. The van der Waals surface area contributed by atoms with Gasteiger partial charge in [-0.05, 0) is 81.1 Å². The summed E-state index contributed by atoms with van der Waals surface area (Å²) < 4.78 is 27.2. The minimum Gasteiger partial charge on any atom is -0.463 e. The number of halogens is 1. The van der Waals surface area contributed by atoms with Gasteiger partial charge in [0.1, 0.15) is 12.0 Å². The molecule has 0 radical (unpaired) electrons. The molecule has 0 aliphatic heterocycles. The molecule has 0 heterocycles. The first-order valence-electron chi connectivity index (χ1n) is 14.7. The number of ether oxygens (including phenoxy) is 1.